The molecule has 2 atom stereocenters. The van der Waals surface area contributed by atoms with E-state index >= 15 is 0 Å². The first-order valence-electron chi connectivity index (χ1n) is 14.5. The fourth-order valence-electron chi connectivity index (χ4n) is 6.79. The summed E-state index contributed by atoms with van der Waals surface area (Å²) in [5.41, 5.74) is 7.38. The zero-order chi connectivity index (χ0) is 27.9. The molecule has 4 aromatic carbocycles. The van der Waals surface area contributed by atoms with Crippen molar-refractivity contribution in [2.75, 3.05) is 4.90 Å². The van der Waals surface area contributed by atoms with Gasteiger partial charge in [-0.1, -0.05) is 78.9 Å². The molecule has 5 heteroatoms. The molecule has 0 spiro atoms. The Morgan fingerprint density at radius 2 is 1.24 bits per heavy atom. The minimum atomic E-state index is -0.470. The first-order chi connectivity index (χ1) is 19.8. The van der Waals surface area contributed by atoms with Crippen LogP contribution in [0.1, 0.15) is 39.2 Å². The van der Waals surface area contributed by atoms with Crippen LogP contribution >= 0.6 is 0 Å². The summed E-state index contributed by atoms with van der Waals surface area (Å²) < 4.78 is 15.6. The van der Waals surface area contributed by atoms with Crippen molar-refractivity contribution < 1.29 is 9.31 Å². The van der Waals surface area contributed by atoms with Crippen molar-refractivity contribution in [1.82, 2.24) is 4.57 Å². The molecule has 202 valence electrons. The van der Waals surface area contributed by atoms with Crippen molar-refractivity contribution in [2.45, 2.75) is 50.9 Å². The summed E-state index contributed by atoms with van der Waals surface area (Å²) in [5, 5.41) is 2.50. The van der Waals surface area contributed by atoms with Crippen molar-refractivity contribution in [3.63, 3.8) is 0 Å². The lowest BCUT2D eigenvalue weighted by atomic mass is 9.78. The van der Waals surface area contributed by atoms with Crippen LogP contribution in [-0.4, -0.2) is 28.9 Å². The predicted octanol–water partition coefficient (Wildman–Crippen LogP) is 7.81. The molecule has 5 aromatic rings. The maximum Gasteiger partial charge on any atom is 0.494 e. The number of fused-ring (bicyclic) bond motifs is 6. The van der Waals surface area contributed by atoms with E-state index in [0.717, 1.165) is 16.8 Å². The number of nitrogens with zero attached hydrogens (tertiary/aromatic N) is 2. The molecule has 4 nitrogen and oxygen atoms in total. The van der Waals surface area contributed by atoms with E-state index in [1.807, 2.05) is 0 Å². The number of allylic oxidation sites excluding steroid dienone is 2. The molecule has 1 fully saturated rings. The fourth-order valence-corrected chi connectivity index (χ4v) is 6.79. The van der Waals surface area contributed by atoms with Crippen molar-refractivity contribution in [1.29, 1.82) is 0 Å². The molecular weight excluding hydrogens is 503 g/mol. The molecule has 8 rings (SSSR count). The molecule has 3 aliphatic rings. The second-order valence-corrected chi connectivity index (χ2v) is 12.5. The average molecular weight is 536 g/mol. The van der Waals surface area contributed by atoms with E-state index in [9.17, 15) is 0 Å². The summed E-state index contributed by atoms with van der Waals surface area (Å²) in [6, 6.07) is 33.2. The van der Waals surface area contributed by atoms with E-state index in [4.69, 9.17) is 9.31 Å². The van der Waals surface area contributed by atoms with Gasteiger partial charge in [-0.25, -0.2) is 0 Å². The number of benzene rings is 4. The summed E-state index contributed by atoms with van der Waals surface area (Å²) in [7, 11) is -0.470. The predicted molar refractivity (Wildman–Crippen MR) is 170 cm³/mol. The molecule has 0 radical (unpaired) electrons. The largest absolute Gasteiger partial charge is 0.494 e. The lowest BCUT2D eigenvalue weighted by Crippen LogP contribution is -2.41. The summed E-state index contributed by atoms with van der Waals surface area (Å²) >= 11 is 0. The van der Waals surface area contributed by atoms with Crippen molar-refractivity contribution in [3.8, 4) is 5.69 Å². The lowest BCUT2D eigenvalue weighted by Gasteiger charge is -2.32. The highest BCUT2D eigenvalue weighted by Crippen LogP contribution is 2.48. The van der Waals surface area contributed by atoms with Gasteiger partial charge in [-0.2, -0.15) is 0 Å². The Labute approximate surface area is 241 Å². The Hall–Kier alpha value is -4.06. The monoisotopic (exact) mass is 536 g/mol. The maximum absolute atomic E-state index is 6.62. The highest BCUT2D eigenvalue weighted by molar-refractivity contribution is 6.62. The van der Waals surface area contributed by atoms with Gasteiger partial charge in [0.25, 0.3) is 0 Å². The van der Waals surface area contributed by atoms with E-state index in [1.54, 1.807) is 0 Å². The standard InChI is InChI=1S/C36H33BN2O2/c1-35(2)36(3,4)41-37(40-35)24-21-25(38-31-17-9-5-13-27(31)28-14-6-10-18-32(28)38)23-26(22-24)39-33-19-11-7-15-29(33)30-16-8-12-20-34(30)39/h5-23,27,31H,1-4H3. The Balaban J connectivity index is 1.39. The summed E-state index contributed by atoms with van der Waals surface area (Å²) in [6.07, 6.45) is 9.00. The number of anilines is 2. The van der Waals surface area contributed by atoms with E-state index < -0.39 is 18.3 Å². The van der Waals surface area contributed by atoms with Crippen LogP contribution in [0.4, 0.5) is 11.4 Å². The topological polar surface area (TPSA) is 26.6 Å². The SMILES string of the molecule is CC1(C)OB(c2cc(N3c4ccccc4C4C=CC=CC43)cc(-n3c4ccccc4c4ccccc43)c2)OC1(C)C. The van der Waals surface area contributed by atoms with Gasteiger partial charge in [-0.05, 0) is 75.1 Å². The Morgan fingerprint density at radius 3 is 1.95 bits per heavy atom. The first kappa shape index (κ1) is 24.7. The summed E-state index contributed by atoms with van der Waals surface area (Å²) in [4.78, 5) is 2.49. The van der Waals surface area contributed by atoms with Gasteiger partial charge in [0.15, 0.2) is 0 Å². The number of aromatic nitrogens is 1. The highest BCUT2D eigenvalue weighted by atomic mass is 16.7. The Kier molecular flexibility index (Phi) is 5.26. The number of hydrogen-bond acceptors (Lipinski definition) is 3. The number of rotatable bonds is 3. The van der Waals surface area contributed by atoms with Crippen LogP contribution < -0.4 is 10.4 Å². The van der Waals surface area contributed by atoms with Gasteiger partial charge in [0.2, 0.25) is 0 Å². The van der Waals surface area contributed by atoms with Gasteiger partial charge in [-0.15, -0.1) is 0 Å². The summed E-state index contributed by atoms with van der Waals surface area (Å²) in [6.45, 7) is 8.47. The van der Waals surface area contributed by atoms with Gasteiger partial charge in [-0.3, -0.25) is 0 Å². The van der Waals surface area contributed by atoms with Crippen molar-refractivity contribution >= 4 is 45.8 Å². The molecule has 2 aliphatic heterocycles. The van der Waals surface area contributed by atoms with Gasteiger partial charge >= 0.3 is 7.12 Å². The first-order valence-corrected chi connectivity index (χ1v) is 14.5. The van der Waals surface area contributed by atoms with Crippen LogP contribution in [0.15, 0.2) is 115 Å². The summed E-state index contributed by atoms with van der Waals surface area (Å²) in [5.74, 6) is 0.313. The minimum Gasteiger partial charge on any atom is -0.399 e. The third-order valence-corrected chi connectivity index (χ3v) is 9.53. The van der Waals surface area contributed by atoms with E-state index in [2.05, 4.69) is 152 Å². The maximum atomic E-state index is 6.62. The molecule has 0 bridgehead atoms. The Bertz CT molecular complexity index is 1830. The normalized spacial score (nSPS) is 22.0. The second-order valence-electron chi connectivity index (χ2n) is 12.5. The van der Waals surface area contributed by atoms with Crippen LogP contribution in [0.3, 0.4) is 0 Å². The molecule has 0 amide bonds. The van der Waals surface area contributed by atoms with Crippen molar-refractivity contribution in [2.24, 2.45) is 0 Å². The van der Waals surface area contributed by atoms with Crippen LogP contribution in [0, 0.1) is 0 Å². The van der Waals surface area contributed by atoms with Crippen LogP contribution in [0.5, 0.6) is 0 Å². The van der Waals surface area contributed by atoms with E-state index in [0.29, 0.717) is 5.92 Å². The van der Waals surface area contributed by atoms with Gasteiger partial charge in [0.05, 0.1) is 28.3 Å². The molecule has 0 N–H and O–H groups in total. The second kappa shape index (κ2) is 8.72. The van der Waals surface area contributed by atoms with E-state index in [1.165, 1.54) is 33.1 Å². The molecule has 1 saturated heterocycles. The van der Waals surface area contributed by atoms with Gasteiger partial charge in [0.1, 0.15) is 0 Å². The zero-order valence-corrected chi connectivity index (χ0v) is 23.9. The molecule has 3 heterocycles. The van der Waals surface area contributed by atoms with E-state index in [-0.39, 0.29) is 6.04 Å². The number of hydrogen-bond donors (Lipinski definition) is 0. The molecule has 2 unspecified atom stereocenters. The minimum absolute atomic E-state index is 0.206. The van der Waals surface area contributed by atoms with Crippen LogP contribution in [0.2, 0.25) is 0 Å². The third-order valence-electron chi connectivity index (χ3n) is 9.53. The van der Waals surface area contributed by atoms with Crippen LogP contribution in [0.25, 0.3) is 27.5 Å². The molecule has 1 aliphatic carbocycles. The van der Waals surface area contributed by atoms with Crippen LogP contribution in [-0.2, 0) is 9.31 Å². The van der Waals surface area contributed by atoms with Gasteiger partial charge < -0.3 is 18.8 Å². The highest BCUT2D eigenvalue weighted by Gasteiger charge is 2.52. The lowest BCUT2D eigenvalue weighted by molar-refractivity contribution is 0.00578. The average Bonchev–Trinajstić information content (AvgIpc) is 3.57. The smallest absolute Gasteiger partial charge is 0.399 e. The molecule has 0 saturated carbocycles. The Morgan fingerprint density at radius 1 is 0.659 bits per heavy atom. The third kappa shape index (κ3) is 3.62. The number of para-hydroxylation sites is 3. The quantitative estimate of drug-likeness (QED) is 0.220. The molecule has 1 aromatic heterocycles. The fraction of sp³-hybridized carbons (Fsp3) is 0.222. The van der Waals surface area contributed by atoms with Crippen molar-refractivity contribution in [3.05, 3.63) is 121 Å². The molecular formula is C36H33BN2O2. The van der Waals surface area contributed by atoms with Gasteiger partial charge in [0, 0.05) is 33.8 Å². The zero-order valence-electron chi connectivity index (χ0n) is 23.9. The molecule has 41 heavy (non-hydrogen) atoms.